The Morgan fingerprint density at radius 1 is 1.37 bits per heavy atom. The van der Waals surface area contributed by atoms with Crippen LogP contribution in [0, 0.1) is 6.92 Å². The van der Waals surface area contributed by atoms with Gasteiger partial charge in [-0.1, -0.05) is 0 Å². The van der Waals surface area contributed by atoms with E-state index in [0.717, 1.165) is 38.8 Å². The molecule has 0 saturated heterocycles. The van der Waals surface area contributed by atoms with Crippen LogP contribution < -0.4 is 10.6 Å². The van der Waals surface area contributed by atoms with Crippen LogP contribution in [-0.2, 0) is 6.54 Å². The molecule has 2 N–H and O–H groups in total. The smallest absolute Gasteiger partial charge is 0.0907 e. The lowest BCUT2D eigenvalue weighted by Gasteiger charge is -2.20. The predicted octanol–water partition coefficient (Wildman–Crippen LogP) is 3.28. The van der Waals surface area contributed by atoms with Crippen molar-refractivity contribution in [1.82, 2.24) is 9.97 Å². The third-order valence-electron chi connectivity index (χ3n) is 2.94. The summed E-state index contributed by atoms with van der Waals surface area (Å²) < 4.78 is 1.14. The second-order valence-electron chi connectivity index (χ2n) is 4.45. The van der Waals surface area contributed by atoms with Crippen molar-refractivity contribution in [3.05, 3.63) is 33.7 Å². The minimum Gasteiger partial charge on any atom is -0.397 e. The largest absolute Gasteiger partial charge is 0.397 e. The molecule has 3 rings (SSSR count). The van der Waals surface area contributed by atoms with Crippen molar-refractivity contribution in [3.63, 3.8) is 0 Å². The highest BCUT2D eigenvalue weighted by Crippen LogP contribution is 2.32. The van der Waals surface area contributed by atoms with Gasteiger partial charge in [0, 0.05) is 12.4 Å². The molecular weight excluding hydrogens is 276 g/mol. The maximum Gasteiger partial charge on any atom is 0.0907 e. The number of rotatable bonds is 3. The van der Waals surface area contributed by atoms with Gasteiger partial charge in [-0.05, 0) is 19.1 Å². The molecule has 0 unspecified atom stereocenters. The van der Waals surface area contributed by atoms with Gasteiger partial charge in [0.05, 0.1) is 44.3 Å². The summed E-state index contributed by atoms with van der Waals surface area (Å²) in [4.78, 5) is 10.9. The van der Waals surface area contributed by atoms with E-state index in [1.165, 1.54) is 0 Å². The molecular formula is C13H14N4S2. The summed E-state index contributed by atoms with van der Waals surface area (Å²) in [5.41, 5.74) is 11.9. The molecule has 1 aromatic carbocycles. The maximum absolute atomic E-state index is 6.15. The third-order valence-corrected chi connectivity index (χ3v) is 4.51. The molecule has 19 heavy (non-hydrogen) atoms. The Morgan fingerprint density at radius 3 is 2.95 bits per heavy atom. The Bertz CT molecular complexity index is 703. The Balaban J connectivity index is 1.96. The van der Waals surface area contributed by atoms with Gasteiger partial charge in [-0.15, -0.1) is 22.7 Å². The second-order valence-corrected chi connectivity index (χ2v) is 6.40. The number of nitrogens with zero attached hydrogens (tertiary/aromatic N) is 3. The van der Waals surface area contributed by atoms with Crippen LogP contribution in [-0.4, -0.2) is 17.0 Å². The number of hydrogen-bond acceptors (Lipinski definition) is 6. The number of anilines is 2. The van der Waals surface area contributed by atoms with Gasteiger partial charge in [0.15, 0.2) is 0 Å². The molecule has 4 nitrogen and oxygen atoms in total. The molecule has 0 aliphatic heterocycles. The van der Waals surface area contributed by atoms with Crippen molar-refractivity contribution in [1.29, 1.82) is 0 Å². The lowest BCUT2D eigenvalue weighted by Crippen LogP contribution is -2.17. The number of thiazole rings is 2. The molecule has 0 spiro atoms. The monoisotopic (exact) mass is 290 g/mol. The Kier molecular flexibility index (Phi) is 3.12. The highest BCUT2D eigenvalue weighted by molar-refractivity contribution is 7.18. The fraction of sp³-hybridized carbons (Fsp3) is 0.231. The molecule has 0 fully saturated rings. The summed E-state index contributed by atoms with van der Waals surface area (Å²) in [5, 5.41) is 3.12. The van der Waals surface area contributed by atoms with E-state index < -0.39 is 0 Å². The zero-order chi connectivity index (χ0) is 13.4. The number of aromatic nitrogens is 2. The first kappa shape index (κ1) is 12.4. The number of nitrogen functional groups attached to an aromatic ring is 1. The van der Waals surface area contributed by atoms with Crippen molar-refractivity contribution < 1.29 is 0 Å². The molecule has 0 bridgehead atoms. The molecule has 0 saturated carbocycles. The normalized spacial score (nSPS) is 11.1. The van der Waals surface area contributed by atoms with E-state index in [-0.39, 0.29) is 0 Å². The highest BCUT2D eigenvalue weighted by Gasteiger charge is 2.11. The summed E-state index contributed by atoms with van der Waals surface area (Å²) in [7, 11) is 2.02. The van der Waals surface area contributed by atoms with E-state index in [2.05, 4.69) is 26.3 Å². The van der Waals surface area contributed by atoms with E-state index in [1.807, 2.05) is 25.5 Å². The van der Waals surface area contributed by atoms with Crippen LogP contribution >= 0.6 is 22.7 Å². The highest BCUT2D eigenvalue weighted by atomic mass is 32.1. The van der Waals surface area contributed by atoms with Gasteiger partial charge in [-0.2, -0.15) is 0 Å². The molecule has 3 aromatic rings. The topological polar surface area (TPSA) is 55.0 Å². The van der Waals surface area contributed by atoms with Gasteiger partial charge >= 0.3 is 0 Å². The number of nitrogens with two attached hydrogens (primary N) is 1. The van der Waals surface area contributed by atoms with Crippen LogP contribution in [0.3, 0.4) is 0 Å². The van der Waals surface area contributed by atoms with Crippen LogP contribution in [0.2, 0.25) is 0 Å². The molecule has 0 aliphatic carbocycles. The molecule has 0 aliphatic rings. The van der Waals surface area contributed by atoms with Crippen molar-refractivity contribution in [2.45, 2.75) is 13.5 Å². The average molecular weight is 290 g/mol. The molecule has 0 atom stereocenters. The molecule has 2 heterocycles. The van der Waals surface area contributed by atoms with Gasteiger partial charge in [0.25, 0.3) is 0 Å². The van der Waals surface area contributed by atoms with E-state index >= 15 is 0 Å². The summed E-state index contributed by atoms with van der Waals surface area (Å²) in [6, 6.07) is 4.06. The first-order chi connectivity index (χ1) is 9.13. The van der Waals surface area contributed by atoms with E-state index in [0.29, 0.717) is 0 Å². The Morgan fingerprint density at radius 2 is 2.21 bits per heavy atom. The van der Waals surface area contributed by atoms with Gasteiger partial charge in [0.1, 0.15) is 0 Å². The van der Waals surface area contributed by atoms with Gasteiger partial charge in [-0.3, -0.25) is 0 Å². The van der Waals surface area contributed by atoms with E-state index in [1.54, 1.807) is 22.7 Å². The standard InChI is InChI=1S/C13H14N4S2/c1-8-16-11-4-12(10(14)3-13(11)19-8)17(2)5-9-6-18-7-15-9/h3-4,6-7H,5,14H2,1-2H3. The van der Waals surface area contributed by atoms with E-state index in [9.17, 15) is 0 Å². The lowest BCUT2D eigenvalue weighted by molar-refractivity contribution is 0.897. The Labute approximate surface area is 119 Å². The lowest BCUT2D eigenvalue weighted by atomic mass is 10.2. The van der Waals surface area contributed by atoms with Crippen molar-refractivity contribution in [3.8, 4) is 0 Å². The Hall–Kier alpha value is -1.66. The summed E-state index contributed by atoms with van der Waals surface area (Å²) in [5.74, 6) is 0. The second kappa shape index (κ2) is 4.79. The van der Waals surface area contributed by atoms with Crippen LogP contribution in [0.25, 0.3) is 10.2 Å². The average Bonchev–Trinajstić information content (AvgIpc) is 2.96. The molecule has 98 valence electrons. The SMILES string of the molecule is Cc1nc2cc(N(C)Cc3cscn3)c(N)cc2s1. The van der Waals surface area contributed by atoms with E-state index in [4.69, 9.17) is 5.73 Å². The summed E-state index contributed by atoms with van der Waals surface area (Å²) >= 11 is 3.28. The maximum atomic E-state index is 6.15. The van der Waals surface area contributed by atoms with Crippen molar-refractivity contribution in [2.24, 2.45) is 0 Å². The fourth-order valence-electron chi connectivity index (χ4n) is 2.07. The zero-order valence-electron chi connectivity index (χ0n) is 10.8. The number of fused-ring (bicyclic) bond motifs is 1. The third kappa shape index (κ3) is 2.41. The van der Waals surface area contributed by atoms with Crippen molar-refractivity contribution in [2.75, 3.05) is 17.7 Å². The molecule has 2 aromatic heterocycles. The number of hydrogen-bond donors (Lipinski definition) is 1. The molecule has 0 amide bonds. The molecule has 6 heteroatoms. The minimum atomic E-state index is 0.752. The van der Waals surface area contributed by atoms with Gasteiger partial charge in [0.2, 0.25) is 0 Å². The minimum absolute atomic E-state index is 0.752. The van der Waals surface area contributed by atoms with Crippen LogP contribution in [0.15, 0.2) is 23.0 Å². The van der Waals surface area contributed by atoms with Gasteiger partial charge < -0.3 is 10.6 Å². The van der Waals surface area contributed by atoms with Crippen LogP contribution in [0.1, 0.15) is 10.7 Å². The fourth-order valence-corrected chi connectivity index (χ4v) is 3.48. The summed E-state index contributed by atoms with van der Waals surface area (Å²) in [6.45, 7) is 2.77. The van der Waals surface area contributed by atoms with Gasteiger partial charge in [-0.25, -0.2) is 9.97 Å². The predicted molar refractivity (Wildman–Crippen MR) is 83.0 cm³/mol. The molecule has 0 radical (unpaired) electrons. The first-order valence-electron chi connectivity index (χ1n) is 5.88. The summed E-state index contributed by atoms with van der Waals surface area (Å²) in [6.07, 6.45) is 0. The van der Waals surface area contributed by atoms with Crippen LogP contribution in [0.4, 0.5) is 11.4 Å². The number of benzene rings is 1. The number of aryl methyl sites for hydroxylation is 1. The van der Waals surface area contributed by atoms with Crippen LogP contribution in [0.5, 0.6) is 0 Å². The first-order valence-corrected chi connectivity index (χ1v) is 7.64. The quantitative estimate of drug-likeness (QED) is 0.752. The van der Waals surface area contributed by atoms with Crippen molar-refractivity contribution >= 4 is 44.3 Å². The zero-order valence-corrected chi connectivity index (χ0v) is 12.4.